The summed E-state index contributed by atoms with van der Waals surface area (Å²) in [5, 5.41) is 7.16. The maximum Gasteiger partial charge on any atom is 0.251 e. The minimum absolute atomic E-state index is 0.0151. The molecule has 0 aliphatic heterocycles. The molecule has 32 heavy (non-hydrogen) atoms. The fourth-order valence-electron chi connectivity index (χ4n) is 3.77. The molecule has 0 radical (unpaired) electrons. The number of amides is 2. The van der Waals surface area contributed by atoms with Crippen molar-refractivity contribution >= 4 is 33.4 Å². The molecule has 5 nitrogen and oxygen atoms in total. The van der Waals surface area contributed by atoms with Gasteiger partial charge in [0.2, 0.25) is 5.91 Å². The van der Waals surface area contributed by atoms with Crippen LogP contribution in [0.2, 0.25) is 0 Å². The van der Waals surface area contributed by atoms with Crippen molar-refractivity contribution in [1.29, 1.82) is 0 Å². The lowest BCUT2D eigenvalue weighted by Crippen LogP contribution is -2.31. The minimum atomic E-state index is -0.170. The van der Waals surface area contributed by atoms with Gasteiger partial charge in [-0.15, -0.1) is 0 Å². The third-order valence-electron chi connectivity index (χ3n) is 5.59. The molecule has 2 amide bonds. The largest absolute Gasteiger partial charge is 0.497 e. The van der Waals surface area contributed by atoms with Gasteiger partial charge in [-0.05, 0) is 57.4 Å². The Hall–Kier alpha value is -3.86. The van der Waals surface area contributed by atoms with Gasteiger partial charge in [0.05, 0.1) is 7.11 Å². The minimum Gasteiger partial charge on any atom is -0.497 e. The van der Waals surface area contributed by atoms with E-state index < -0.39 is 0 Å². The van der Waals surface area contributed by atoms with Crippen LogP contribution in [-0.2, 0) is 11.3 Å². The Bertz CT molecular complexity index is 1280. The molecule has 1 N–H and O–H groups in total. The van der Waals surface area contributed by atoms with Crippen molar-refractivity contribution in [2.24, 2.45) is 0 Å². The molecule has 4 aromatic carbocycles. The van der Waals surface area contributed by atoms with E-state index in [0.717, 1.165) is 32.9 Å². The molecule has 0 unspecified atom stereocenters. The van der Waals surface area contributed by atoms with Gasteiger partial charge in [0.15, 0.2) is 0 Å². The number of hydrogen-bond acceptors (Lipinski definition) is 3. The Morgan fingerprint density at radius 1 is 0.844 bits per heavy atom. The molecule has 0 aliphatic carbocycles. The first-order valence-corrected chi connectivity index (χ1v) is 10.6. The van der Waals surface area contributed by atoms with Crippen molar-refractivity contribution in [3.05, 3.63) is 90.0 Å². The van der Waals surface area contributed by atoms with Gasteiger partial charge in [-0.3, -0.25) is 9.59 Å². The van der Waals surface area contributed by atoms with Gasteiger partial charge in [-0.2, -0.15) is 0 Å². The number of nitrogens with one attached hydrogen (secondary N) is 1. The first-order valence-electron chi connectivity index (χ1n) is 10.6. The molecule has 5 heteroatoms. The second kappa shape index (κ2) is 9.52. The molecule has 0 aliphatic rings. The maximum absolute atomic E-state index is 12.5. The van der Waals surface area contributed by atoms with Crippen LogP contribution < -0.4 is 10.1 Å². The monoisotopic (exact) mass is 426 g/mol. The molecular formula is C27H26N2O3. The first-order chi connectivity index (χ1) is 15.5. The highest BCUT2D eigenvalue weighted by atomic mass is 16.5. The highest BCUT2D eigenvalue weighted by Gasteiger charge is 2.12. The maximum atomic E-state index is 12.5. The van der Waals surface area contributed by atoms with Gasteiger partial charge < -0.3 is 15.0 Å². The van der Waals surface area contributed by atoms with Gasteiger partial charge >= 0.3 is 0 Å². The van der Waals surface area contributed by atoms with Gasteiger partial charge in [0.1, 0.15) is 5.75 Å². The smallest absolute Gasteiger partial charge is 0.251 e. The lowest BCUT2D eigenvalue weighted by atomic mass is 10.1. The lowest BCUT2D eigenvalue weighted by Gasteiger charge is -2.18. The Labute approximate surface area is 187 Å². The van der Waals surface area contributed by atoms with Crippen LogP contribution in [-0.4, -0.2) is 37.4 Å². The van der Waals surface area contributed by atoms with Crippen molar-refractivity contribution in [1.82, 2.24) is 10.2 Å². The third-order valence-corrected chi connectivity index (χ3v) is 5.59. The van der Waals surface area contributed by atoms with Crippen LogP contribution in [0.5, 0.6) is 5.75 Å². The summed E-state index contributed by atoms with van der Waals surface area (Å²) >= 11 is 0. The van der Waals surface area contributed by atoms with E-state index in [1.54, 1.807) is 25.1 Å². The average Bonchev–Trinajstić information content (AvgIpc) is 2.83. The molecular weight excluding hydrogens is 400 g/mol. The zero-order valence-electron chi connectivity index (χ0n) is 18.3. The van der Waals surface area contributed by atoms with Crippen molar-refractivity contribution in [2.75, 3.05) is 20.7 Å². The Balaban J connectivity index is 1.30. The number of nitrogens with zero attached hydrogens (tertiary/aromatic N) is 1. The van der Waals surface area contributed by atoms with E-state index >= 15 is 0 Å². The highest BCUT2D eigenvalue weighted by molar-refractivity contribution is 5.98. The average molecular weight is 427 g/mol. The van der Waals surface area contributed by atoms with Crippen LogP contribution in [0.4, 0.5) is 0 Å². The van der Waals surface area contributed by atoms with Crippen LogP contribution in [0.3, 0.4) is 0 Å². The fourth-order valence-corrected chi connectivity index (χ4v) is 3.77. The molecule has 0 heterocycles. The second-order valence-corrected chi connectivity index (χ2v) is 7.87. The lowest BCUT2D eigenvalue weighted by molar-refractivity contribution is -0.130. The van der Waals surface area contributed by atoms with Crippen LogP contribution in [0, 0.1) is 0 Å². The molecule has 0 spiro atoms. The second-order valence-electron chi connectivity index (χ2n) is 7.87. The van der Waals surface area contributed by atoms with Crippen molar-refractivity contribution in [3.8, 4) is 5.75 Å². The molecule has 0 saturated carbocycles. The van der Waals surface area contributed by atoms with Crippen LogP contribution in [0.15, 0.2) is 78.9 Å². The van der Waals surface area contributed by atoms with Gasteiger partial charge in [0, 0.05) is 32.1 Å². The first kappa shape index (κ1) is 21.4. The number of hydrogen-bond donors (Lipinski definition) is 1. The van der Waals surface area contributed by atoms with E-state index in [2.05, 4.69) is 11.4 Å². The van der Waals surface area contributed by atoms with Crippen molar-refractivity contribution in [2.45, 2.75) is 13.0 Å². The quantitative estimate of drug-likeness (QED) is 0.463. The molecule has 4 rings (SSSR count). The number of fused-ring (bicyclic) bond motifs is 2. The number of ether oxygens (including phenoxy) is 1. The van der Waals surface area contributed by atoms with E-state index in [1.165, 1.54) is 0 Å². The van der Waals surface area contributed by atoms with E-state index in [1.807, 2.05) is 66.7 Å². The number of carbonyl (C=O) groups is 2. The van der Waals surface area contributed by atoms with Crippen molar-refractivity contribution in [3.63, 3.8) is 0 Å². The molecule has 0 saturated heterocycles. The van der Waals surface area contributed by atoms with E-state index in [0.29, 0.717) is 18.7 Å². The van der Waals surface area contributed by atoms with Crippen LogP contribution >= 0.6 is 0 Å². The Kier molecular flexibility index (Phi) is 6.36. The molecule has 4 aromatic rings. The summed E-state index contributed by atoms with van der Waals surface area (Å²) in [6, 6.07) is 25.6. The molecule has 0 bridgehead atoms. The Morgan fingerprint density at radius 2 is 1.53 bits per heavy atom. The standard InChI is InChI=1S/C27H26N2O3/c1-29(18-19-7-8-23-17-25(32-2)12-11-22(23)15-19)26(30)13-14-28-27(31)24-10-9-20-5-3-4-6-21(20)16-24/h3-12,15-17H,13-14,18H2,1-2H3,(H,28,31). The van der Waals surface area contributed by atoms with Gasteiger partial charge in [-0.25, -0.2) is 0 Å². The van der Waals surface area contributed by atoms with Crippen molar-refractivity contribution < 1.29 is 14.3 Å². The van der Waals surface area contributed by atoms with E-state index in [9.17, 15) is 9.59 Å². The molecule has 0 aromatic heterocycles. The zero-order chi connectivity index (χ0) is 22.5. The Morgan fingerprint density at radius 3 is 2.34 bits per heavy atom. The summed E-state index contributed by atoms with van der Waals surface area (Å²) in [6.45, 7) is 0.811. The predicted octanol–water partition coefficient (Wildman–Crippen LogP) is 4.78. The van der Waals surface area contributed by atoms with E-state index in [-0.39, 0.29) is 18.2 Å². The zero-order valence-corrected chi connectivity index (χ0v) is 18.3. The van der Waals surface area contributed by atoms with Gasteiger partial charge in [0.25, 0.3) is 5.91 Å². The number of methoxy groups -OCH3 is 1. The predicted molar refractivity (Wildman–Crippen MR) is 128 cm³/mol. The highest BCUT2D eigenvalue weighted by Crippen LogP contribution is 2.22. The van der Waals surface area contributed by atoms with E-state index in [4.69, 9.17) is 4.74 Å². The topological polar surface area (TPSA) is 58.6 Å². The normalized spacial score (nSPS) is 10.8. The summed E-state index contributed by atoms with van der Waals surface area (Å²) in [6.07, 6.45) is 0.251. The van der Waals surface area contributed by atoms with Gasteiger partial charge in [-0.1, -0.05) is 48.5 Å². The SMILES string of the molecule is COc1ccc2cc(CN(C)C(=O)CCNC(=O)c3ccc4ccccc4c3)ccc2c1. The molecule has 162 valence electrons. The summed E-state index contributed by atoms with van der Waals surface area (Å²) in [4.78, 5) is 26.7. The molecule has 0 atom stereocenters. The summed E-state index contributed by atoms with van der Waals surface area (Å²) < 4.78 is 5.27. The molecule has 0 fully saturated rings. The number of carbonyl (C=O) groups excluding carboxylic acids is 2. The number of rotatable bonds is 7. The number of benzene rings is 4. The third kappa shape index (κ3) is 4.89. The fraction of sp³-hybridized carbons (Fsp3) is 0.185. The summed E-state index contributed by atoms with van der Waals surface area (Å²) in [7, 11) is 3.44. The van der Waals surface area contributed by atoms with Crippen LogP contribution in [0.1, 0.15) is 22.3 Å². The van der Waals surface area contributed by atoms with Crippen LogP contribution in [0.25, 0.3) is 21.5 Å². The summed E-state index contributed by atoms with van der Waals surface area (Å²) in [5.74, 6) is 0.637. The summed E-state index contributed by atoms with van der Waals surface area (Å²) in [5.41, 5.74) is 1.65.